The fraction of sp³-hybridized carbons (Fsp3) is 0.250. The fourth-order valence-electron chi connectivity index (χ4n) is 3.01. The zero-order chi connectivity index (χ0) is 21.8. The van der Waals surface area contributed by atoms with Crippen LogP contribution in [0.15, 0.2) is 53.6 Å². The topological polar surface area (TPSA) is 115 Å². The highest BCUT2D eigenvalue weighted by Crippen LogP contribution is 2.29. The summed E-state index contributed by atoms with van der Waals surface area (Å²) < 4.78 is 11.2. The standard InChI is InChI=1S/C20H20N4O6/c1-13(25)22(17-6-4-5-7-18(17)29-3)12-19-23(14(2)26)21-20(30-19)15-8-10-16(11-9-15)24(27)28/h4-11,19H,12H2,1-3H3/t19-/m1/s1. The third kappa shape index (κ3) is 4.22. The molecule has 2 amide bonds. The number of amides is 2. The number of nitro groups is 1. The van der Waals surface area contributed by atoms with E-state index in [1.54, 1.807) is 24.3 Å². The lowest BCUT2D eigenvalue weighted by Crippen LogP contribution is -2.44. The predicted octanol–water partition coefficient (Wildman–Crippen LogP) is 2.52. The zero-order valence-electron chi connectivity index (χ0n) is 16.6. The molecule has 0 unspecified atom stereocenters. The van der Waals surface area contributed by atoms with Crippen LogP contribution in [0.1, 0.15) is 19.4 Å². The van der Waals surface area contributed by atoms with Gasteiger partial charge in [-0.05, 0) is 24.3 Å². The molecule has 2 aromatic rings. The minimum atomic E-state index is -0.874. The van der Waals surface area contributed by atoms with Crippen molar-refractivity contribution in [3.8, 4) is 5.75 Å². The summed E-state index contributed by atoms with van der Waals surface area (Å²) in [5.41, 5.74) is 0.931. The average Bonchev–Trinajstić information content (AvgIpc) is 3.16. The Balaban J connectivity index is 1.87. The van der Waals surface area contributed by atoms with Gasteiger partial charge in [0.05, 0.1) is 24.3 Å². The number of non-ortho nitro benzene ring substituents is 1. The van der Waals surface area contributed by atoms with E-state index in [1.807, 2.05) is 0 Å². The molecule has 1 aliphatic heterocycles. The van der Waals surface area contributed by atoms with E-state index in [4.69, 9.17) is 9.47 Å². The van der Waals surface area contributed by atoms with Crippen LogP contribution >= 0.6 is 0 Å². The van der Waals surface area contributed by atoms with Crippen LogP contribution < -0.4 is 9.64 Å². The molecule has 0 fully saturated rings. The first-order valence-electron chi connectivity index (χ1n) is 9.03. The number of anilines is 1. The number of methoxy groups -OCH3 is 1. The van der Waals surface area contributed by atoms with Gasteiger partial charge < -0.3 is 14.4 Å². The molecule has 30 heavy (non-hydrogen) atoms. The molecule has 2 aromatic carbocycles. The SMILES string of the molecule is COc1ccccc1N(C[C@H]1OC(c2ccc([N+](=O)[O-])cc2)=NN1C(C)=O)C(C)=O. The molecule has 1 aliphatic rings. The Hall–Kier alpha value is -3.95. The molecule has 0 bridgehead atoms. The minimum Gasteiger partial charge on any atom is -0.495 e. The van der Waals surface area contributed by atoms with Crippen LogP contribution in [0.2, 0.25) is 0 Å². The number of hydrazone groups is 1. The van der Waals surface area contributed by atoms with Crippen molar-refractivity contribution in [2.75, 3.05) is 18.6 Å². The number of nitrogens with zero attached hydrogens (tertiary/aromatic N) is 4. The Kier molecular flexibility index (Phi) is 5.95. The van der Waals surface area contributed by atoms with Crippen LogP contribution in [0.5, 0.6) is 5.75 Å². The minimum absolute atomic E-state index is 0.00919. The zero-order valence-corrected chi connectivity index (χ0v) is 16.6. The maximum absolute atomic E-state index is 12.3. The largest absolute Gasteiger partial charge is 0.495 e. The Morgan fingerprint density at radius 1 is 1.20 bits per heavy atom. The van der Waals surface area contributed by atoms with E-state index < -0.39 is 11.2 Å². The van der Waals surface area contributed by atoms with Crippen LogP contribution in [0.25, 0.3) is 0 Å². The van der Waals surface area contributed by atoms with Gasteiger partial charge in [0.15, 0.2) is 0 Å². The molecule has 0 radical (unpaired) electrons. The van der Waals surface area contributed by atoms with Crippen molar-refractivity contribution in [2.45, 2.75) is 20.1 Å². The fourth-order valence-corrected chi connectivity index (χ4v) is 3.01. The molecule has 0 aliphatic carbocycles. The number of carbonyl (C=O) groups is 2. The molecule has 1 heterocycles. The quantitative estimate of drug-likeness (QED) is 0.532. The van der Waals surface area contributed by atoms with E-state index in [2.05, 4.69) is 5.10 Å². The number of rotatable bonds is 6. The third-order valence-electron chi connectivity index (χ3n) is 4.46. The molecule has 3 rings (SSSR count). The average molecular weight is 412 g/mol. The summed E-state index contributed by atoms with van der Waals surface area (Å²) in [6, 6.07) is 12.6. The van der Waals surface area contributed by atoms with E-state index in [0.717, 1.165) is 5.01 Å². The summed E-state index contributed by atoms with van der Waals surface area (Å²) in [6.07, 6.45) is -0.874. The molecular formula is C20H20N4O6. The first-order chi connectivity index (χ1) is 14.3. The van der Waals surface area contributed by atoms with Gasteiger partial charge in [-0.1, -0.05) is 12.1 Å². The van der Waals surface area contributed by atoms with Gasteiger partial charge in [0.25, 0.3) is 5.69 Å². The first-order valence-corrected chi connectivity index (χ1v) is 9.03. The van der Waals surface area contributed by atoms with Crippen molar-refractivity contribution >= 4 is 29.1 Å². The summed E-state index contributed by atoms with van der Waals surface area (Å²) in [4.78, 5) is 36.2. The highest BCUT2D eigenvalue weighted by atomic mass is 16.6. The molecule has 0 saturated heterocycles. The molecule has 1 atom stereocenters. The van der Waals surface area contributed by atoms with Gasteiger partial charge in [-0.15, -0.1) is 5.10 Å². The van der Waals surface area contributed by atoms with Crippen molar-refractivity contribution in [1.82, 2.24) is 5.01 Å². The molecule has 0 saturated carbocycles. The van der Waals surface area contributed by atoms with Gasteiger partial charge in [-0.2, -0.15) is 5.01 Å². The smallest absolute Gasteiger partial charge is 0.269 e. The van der Waals surface area contributed by atoms with E-state index >= 15 is 0 Å². The lowest BCUT2D eigenvalue weighted by Gasteiger charge is -2.28. The number of benzene rings is 2. The molecule has 156 valence electrons. The van der Waals surface area contributed by atoms with Crippen molar-refractivity contribution in [3.05, 3.63) is 64.2 Å². The van der Waals surface area contributed by atoms with Gasteiger partial charge in [0.1, 0.15) is 5.75 Å². The van der Waals surface area contributed by atoms with Crippen LogP contribution in [-0.2, 0) is 14.3 Å². The Morgan fingerprint density at radius 2 is 1.87 bits per heavy atom. The van der Waals surface area contributed by atoms with Crippen LogP contribution in [0.3, 0.4) is 0 Å². The summed E-state index contributed by atoms with van der Waals surface area (Å²) in [6.45, 7) is 2.74. The molecule has 0 spiro atoms. The second kappa shape index (κ2) is 8.60. The van der Waals surface area contributed by atoms with E-state index in [9.17, 15) is 19.7 Å². The van der Waals surface area contributed by atoms with Gasteiger partial charge in [-0.25, -0.2) is 0 Å². The predicted molar refractivity (Wildman–Crippen MR) is 108 cm³/mol. The lowest BCUT2D eigenvalue weighted by molar-refractivity contribution is -0.384. The Labute approximate surface area is 172 Å². The van der Waals surface area contributed by atoms with Crippen LogP contribution in [0, 0.1) is 10.1 Å². The highest BCUT2D eigenvalue weighted by molar-refractivity contribution is 5.97. The van der Waals surface area contributed by atoms with Crippen molar-refractivity contribution < 1.29 is 24.0 Å². The number of ether oxygens (including phenoxy) is 2. The molecule has 0 N–H and O–H groups in total. The number of carbonyl (C=O) groups excluding carboxylic acids is 2. The van der Waals surface area contributed by atoms with Gasteiger partial charge in [-0.3, -0.25) is 19.7 Å². The number of hydrogen-bond acceptors (Lipinski definition) is 7. The van der Waals surface area contributed by atoms with Crippen LogP contribution in [0.4, 0.5) is 11.4 Å². The number of para-hydroxylation sites is 2. The second-order valence-corrected chi connectivity index (χ2v) is 6.45. The third-order valence-corrected chi connectivity index (χ3v) is 4.46. The van der Waals surface area contributed by atoms with Gasteiger partial charge in [0.2, 0.25) is 23.9 Å². The summed E-state index contributed by atoms with van der Waals surface area (Å²) in [5.74, 6) is -0.0129. The molecular weight excluding hydrogens is 392 g/mol. The summed E-state index contributed by atoms with van der Waals surface area (Å²) >= 11 is 0. The molecule has 0 aromatic heterocycles. The second-order valence-electron chi connectivity index (χ2n) is 6.45. The normalized spacial score (nSPS) is 15.2. The van der Waals surface area contributed by atoms with E-state index in [0.29, 0.717) is 17.0 Å². The van der Waals surface area contributed by atoms with E-state index in [-0.39, 0.29) is 29.9 Å². The van der Waals surface area contributed by atoms with Gasteiger partial charge >= 0.3 is 0 Å². The first kappa shape index (κ1) is 20.8. The van der Waals surface area contributed by atoms with Crippen molar-refractivity contribution in [3.63, 3.8) is 0 Å². The summed E-state index contributed by atoms with van der Waals surface area (Å²) in [7, 11) is 1.50. The van der Waals surface area contributed by atoms with Crippen molar-refractivity contribution in [2.24, 2.45) is 5.10 Å². The molecule has 10 heteroatoms. The summed E-state index contributed by atoms with van der Waals surface area (Å²) in [5, 5.41) is 16.2. The monoisotopic (exact) mass is 412 g/mol. The molecule has 10 nitrogen and oxygen atoms in total. The maximum atomic E-state index is 12.3. The van der Waals surface area contributed by atoms with E-state index in [1.165, 1.54) is 50.1 Å². The maximum Gasteiger partial charge on any atom is 0.269 e. The highest BCUT2D eigenvalue weighted by Gasteiger charge is 2.35. The number of hydrogen-bond donors (Lipinski definition) is 0. The Bertz CT molecular complexity index is 1000. The van der Waals surface area contributed by atoms with Gasteiger partial charge in [0, 0.05) is 31.5 Å². The van der Waals surface area contributed by atoms with Crippen molar-refractivity contribution in [1.29, 1.82) is 0 Å². The van der Waals surface area contributed by atoms with Crippen LogP contribution in [-0.4, -0.2) is 47.5 Å². The number of nitro benzene ring substituents is 1. The Morgan fingerprint density at radius 3 is 2.43 bits per heavy atom. The lowest BCUT2D eigenvalue weighted by atomic mass is 10.2.